The van der Waals surface area contributed by atoms with Gasteiger partial charge in [0.05, 0.1) is 0 Å². The first kappa shape index (κ1) is 25.8. The van der Waals surface area contributed by atoms with E-state index >= 15 is 0 Å². The van der Waals surface area contributed by atoms with Gasteiger partial charge in [-0.25, -0.2) is 4.39 Å². The quantitative estimate of drug-likeness (QED) is 0.478. The molecule has 0 aliphatic heterocycles. The number of halogens is 1. The zero-order valence-electron chi connectivity index (χ0n) is 20.8. The standard InChI is InChI=1S/C27H44FNO2/c1-19-17-21(28)11-12-22(19)25-20(18-24(30)31)9-8-10-23(25)29(15-13-26(2,3)4)16-14-27(5,6)7/h11-12,17,20,23,25H,8-10,13-16,18H2,1-7H3,(H,30,31). The topological polar surface area (TPSA) is 40.5 Å². The van der Waals surface area contributed by atoms with E-state index in [1.54, 1.807) is 12.1 Å². The summed E-state index contributed by atoms with van der Waals surface area (Å²) in [7, 11) is 0. The van der Waals surface area contributed by atoms with E-state index in [-0.39, 0.29) is 34.9 Å². The van der Waals surface area contributed by atoms with Crippen molar-refractivity contribution >= 4 is 5.97 Å². The minimum atomic E-state index is -0.730. The lowest BCUT2D eigenvalue weighted by Crippen LogP contribution is -2.47. The largest absolute Gasteiger partial charge is 0.481 e. The minimum absolute atomic E-state index is 0.0900. The highest BCUT2D eigenvalue weighted by atomic mass is 19.1. The number of aryl methyl sites for hydroxylation is 1. The third-order valence-electron chi connectivity index (χ3n) is 6.79. The van der Waals surface area contributed by atoms with Crippen LogP contribution < -0.4 is 0 Å². The summed E-state index contributed by atoms with van der Waals surface area (Å²) in [5.74, 6) is -0.732. The summed E-state index contributed by atoms with van der Waals surface area (Å²) in [4.78, 5) is 14.3. The number of rotatable bonds is 8. The lowest BCUT2D eigenvalue weighted by atomic mass is 9.69. The molecule has 0 saturated heterocycles. The highest BCUT2D eigenvalue weighted by Gasteiger charge is 2.39. The second-order valence-electron chi connectivity index (χ2n) is 12.0. The van der Waals surface area contributed by atoms with Crippen LogP contribution in [0.1, 0.15) is 97.1 Å². The van der Waals surface area contributed by atoms with Gasteiger partial charge < -0.3 is 5.11 Å². The van der Waals surface area contributed by atoms with Crippen molar-refractivity contribution in [2.24, 2.45) is 16.7 Å². The predicted octanol–water partition coefficient (Wildman–Crippen LogP) is 7.04. The van der Waals surface area contributed by atoms with Gasteiger partial charge in [0.25, 0.3) is 0 Å². The fraction of sp³-hybridized carbons (Fsp3) is 0.741. The average molecular weight is 434 g/mol. The molecule has 0 bridgehead atoms. The van der Waals surface area contributed by atoms with Crippen molar-refractivity contribution in [3.05, 3.63) is 35.1 Å². The van der Waals surface area contributed by atoms with Gasteiger partial charge in [-0.3, -0.25) is 9.69 Å². The monoisotopic (exact) mass is 433 g/mol. The Bertz CT molecular complexity index is 714. The number of carboxylic acids is 1. The van der Waals surface area contributed by atoms with Gasteiger partial charge in [0, 0.05) is 18.4 Å². The Morgan fingerprint density at radius 1 is 1.06 bits per heavy atom. The van der Waals surface area contributed by atoms with Gasteiger partial charge in [0.15, 0.2) is 0 Å². The molecule has 31 heavy (non-hydrogen) atoms. The van der Waals surface area contributed by atoms with Crippen LogP contribution in [0.4, 0.5) is 4.39 Å². The second-order valence-corrected chi connectivity index (χ2v) is 12.0. The number of nitrogens with zero attached hydrogens (tertiary/aromatic N) is 1. The molecule has 1 fully saturated rings. The van der Waals surface area contributed by atoms with Gasteiger partial charge in [-0.2, -0.15) is 0 Å². The van der Waals surface area contributed by atoms with E-state index in [1.807, 2.05) is 13.0 Å². The van der Waals surface area contributed by atoms with Gasteiger partial charge in [-0.05, 0) is 85.7 Å². The van der Waals surface area contributed by atoms with Gasteiger partial charge in [0.2, 0.25) is 0 Å². The normalized spacial score (nSPS) is 22.7. The molecule has 1 aromatic rings. The third kappa shape index (κ3) is 8.21. The van der Waals surface area contributed by atoms with Gasteiger partial charge in [0.1, 0.15) is 5.82 Å². The number of carbonyl (C=O) groups is 1. The summed E-state index contributed by atoms with van der Waals surface area (Å²) < 4.78 is 13.9. The van der Waals surface area contributed by atoms with Crippen molar-refractivity contribution in [3.63, 3.8) is 0 Å². The zero-order chi connectivity index (χ0) is 23.4. The van der Waals surface area contributed by atoms with Crippen LogP contribution in [0, 0.1) is 29.5 Å². The van der Waals surface area contributed by atoms with Gasteiger partial charge >= 0.3 is 5.97 Å². The lowest BCUT2D eigenvalue weighted by molar-refractivity contribution is -0.138. The first-order valence-electron chi connectivity index (χ1n) is 12.0. The van der Waals surface area contributed by atoms with Crippen molar-refractivity contribution in [2.75, 3.05) is 13.1 Å². The molecular formula is C27H44FNO2. The molecule has 2 rings (SSSR count). The Labute approximate surface area is 189 Å². The van der Waals surface area contributed by atoms with E-state index in [9.17, 15) is 14.3 Å². The fourth-order valence-corrected chi connectivity index (χ4v) is 5.00. The van der Waals surface area contributed by atoms with Crippen LogP contribution in [0.25, 0.3) is 0 Å². The van der Waals surface area contributed by atoms with Crippen molar-refractivity contribution in [1.82, 2.24) is 4.90 Å². The maximum Gasteiger partial charge on any atom is 0.303 e. The van der Waals surface area contributed by atoms with Gasteiger partial charge in [-0.1, -0.05) is 54.0 Å². The molecule has 1 aromatic carbocycles. The average Bonchev–Trinajstić information content (AvgIpc) is 2.60. The molecule has 1 saturated carbocycles. The molecule has 1 N–H and O–H groups in total. The predicted molar refractivity (Wildman–Crippen MR) is 127 cm³/mol. The molecule has 0 amide bonds. The molecule has 1 aliphatic rings. The molecule has 0 spiro atoms. The van der Waals surface area contributed by atoms with Crippen molar-refractivity contribution in [2.45, 2.75) is 99.0 Å². The van der Waals surface area contributed by atoms with Crippen molar-refractivity contribution in [3.8, 4) is 0 Å². The Morgan fingerprint density at radius 2 is 1.65 bits per heavy atom. The first-order chi connectivity index (χ1) is 14.3. The summed E-state index contributed by atoms with van der Waals surface area (Å²) in [6, 6.07) is 5.36. The summed E-state index contributed by atoms with van der Waals surface area (Å²) in [6.07, 6.45) is 5.45. The van der Waals surface area contributed by atoms with E-state index in [0.717, 1.165) is 56.3 Å². The Morgan fingerprint density at radius 3 is 2.13 bits per heavy atom. The maximum atomic E-state index is 13.9. The first-order valence-corrected chi connectivity index (χ1v) is 12.0. The number of benzene rings is 1. The van der Waals surface area contributed by atoms with Gasteiger partial charge in [-0.15, -0.1) is 0 Å². The number of hydrogen-bond acceptors (Lipinski definition) is 2. The molecule has 3 atom stereocenters. The molecule has 3 nitrogen and oxygen atoms in total. The molecule has 3 unspecified atom stereocenters. The molecule has 0 heterocycles. The van der Waals surface area contributed by atoms with Crippen LogP contribution in [0.2, 0.25) is 0 Å². The highest BCUT2D eigenvalue weighted by Crippen LogP contribution is 2.44. The highest BCUT2D eigenvalue weighted by molar-refractivity contribution is 5.67. The van der Waals surface area contributed by atoms with E-state index in [1.165, 1.54) is 0 Å². The zero-order valence-corrected chi connectivity index (χ0v) is 20.8. The van der Waals surface area contributed by atoms with E-state index < -0.39 is 5.97 Å². The summed E-state index contributed by atoms with van der Waals surface area (Å²) in [5, 5.41) is 9.62. The molecule has 176 valence electrons. The number of carboxylic acid groups (broad SMARTS) is 1. The van der Waals surface area contributed by atoms with Crippen molar-refractivity contribution < 1.29 is 14.3 Å². The fourth-order valence-electron chi connectivity index (χ4n) is 5.00. The van der Waals surface area contributed by atoms with Crippen LogP contribution >= 0.6 is 0 Å². The third-order valence-corrected chi connectivity index (χ3v) is 6.79. The summed E-state index contributed by atoms with van der Waals surface area (Å²) in [5.41, 5.74) is 2.57. The minimum Gasteiger partial charge on any atom is -0.481 e. The van der Waals surface area contributed by atoms with Crippen LogP contribution in [-0.2, 0) is 4.79 Å². The summed E-state index contributed by atoms with van der Waals surface area (Å²) in [6.45, 7) is 17.7. The summed E-state index contributed by atoms with van der Waals surface area (Å²) >= 11 is 0. The van der Waals surface area contributed by atoms with Crippen molar-refractivity contribution in [1.29, 1.82) is 0 Å². The second kappa shape index (κ2) is 10.5. The number of aliphatic carboxylic acids is 1. The molecule has 4 heteroatoms. The smallest absolute Gasteiger partial charge is 0.303 e. The van der Waals surface area contributed by atoms with E-state index in [2.05, 4.69) is 46.4 Å². The SMILES string of the molecule is Cc1cc(F)ccc1C1C(CC(=O)O)CCCC1N(CCC(C)(C)C)CCC(C)(C)C. The Balaban J connectivity index is 2.43. The van der Waals surface area contributed by atoms with Crippen LogP contribution in [0.3, 0.4) is 0 Å². The molecular weight excluding hydrogens is 389 g/mol. The van der Waals surface area contributed by atoms with E-state index in [4.69, 9.17) is 0 Å². The van der Waals surface area contributed by atoms with E-state index in [0.29, 0.717) is 6.04 Å². The van der Waals surface area contributed by atoms with Crippen LogP contribution in [-0.4, -0.2) is 35.1 Å². The van der Waals surface area contributed by atoms with Crippen LogP contribution in [0.5, 0.6) is 0 Å². The Hall–Kier alpha value is -1.42. The molecule has 0 aromatic heterocycles. The number of hydrogen-bond donors (Lipinski definition) is 1. The Kier molecular flexibility index (Phi) is 8.72. The maximum absolute atomic E-state index is 13.9. The lowest BCUT2D eigenvalue weighted by Gasteiger charge is -2.46. The molecule has 0 radical (unpaired) electrons. The van der Waals surface area contributed by atoms with Crippen LogP contribution in [0.15, 0.2) is 18.2 Å². The molecule has 1 aliphatic carbocycles.